The number of hydrogen-bond donors (Lipinski definition) is 2. The molecule has 0 bridgehead atoms. The van der Waals surface area contributed by atoms with Crippen LogP contribution in [0.5, 0.6) is 0 Å². The Hall–Kier alpha value is -0.840. The Balaban J connectivity index is 2.79. The molecule has 17 heavy (non-hydrogen) atoms. The number of anilines is 1. The Kier molecular flexibility index (Phi) is 5.18. The number of halogens is 2. The molecule has 0 aliphatic rings. The SMILES string of the molecule is COCCC(C)(CN)Nc1cc(F)cc(Cl)c1. The molecule has 3 N–H and O–H groups in total. The molecule has 1 rings (SSSR count). The van der Waals surface area contributed by atoms with Crippen molar-refractivity contribution in [2.24, 2.45) is 5.73 Å². The normalized spacial score (nSPS) is 14.4. The molecule has 0 heterocycles. The molecule has 0 saturated heterocycles. The Morgan fingerprint density at radius 3 is 2.71 bits per heavy atom. The third kappa shape index (κ3) is 4.50. The van der Waals surface area contributed by atoms with Crippen LogP contribution in [-0.4, -0.2) is 25.8 Å². The molecule has 5 heteroatoms. The summed E-state index contributed by atoms with van der Waals surface area (Å²) in [5.74, 6) is -0.369. The summed E-state index contributed by atoms with van der Waals surface area (Å²) in [7, 11) is 1.63. The van der Waals surface area contributed by atoms with Gasteiger partial charge in [-0.1, -0.05) is 11.6 Å². The fourth-order valence-electron chi connectivity index (χ4n) is 1.52. The van der Waals surface area contributed by atoms with Crippen LogP contribution in [0, 0.1) is 5.82 Å². The van der Waals surface area contributed by atoms with E-state index in [2.05, 4.69) is 5.32 Å². The van der Waals surface area contributed by atoms with Crippen LogP contribution in [0.15, 0.2) is 18.2 Å². The van der Waals surface area contributed by atoms with Crippen molar-refractivity contribution in [2.75, 3.05) is 25.6 Å². The summed E-state index contributed by atoms with van der Waals surface area (Å²) >= 11 is 5.79. The standard InChI is InChI=1S/C12H18ClFN2O/c1-12(8-15,3-4-17-2)16-11-6-9(13)5-10(14)7-11/h5-7,16H,3-4,8,15H2,1-2H3. The molecule has 0 saturated carbocycles. The molecule has 1 atom stereocenters. The number of rotatable bonds is 6. The molecule has 1 unspecified atom stereocenters. The third-order valence-corrected chi connectivity index (χ3v) is 2.84. The smallest absolute Gasteiger partial charge is 0.126 e. The van der Waals surface area contributed by atoms with Gasteiger partial charge >= 0.3 is 0 Å². The van der Waals surface area contributed by atoms with Crippen LogP contribution in [0.4, 0.5) is 10.1 Å². The zero-order valence-corrected chi connectivity index (χ0v) is 10.9. The number of nitrogens with two attached hydrogens (primary N) is 1. The third-order valence-electron chi connectivity index (χ3n) is 2.62. The summed E-state index contributed by atoms with van der Waals surface area (Å²) < 4.78 is 18.2. The van der Waals surface area contributed by atoms with Gasteiger partial charge in [0.1, 0.15) is 5.82 Å². The van der Waals surface area contributed by atoms with Gasteiger partial charge in [0.15, 0.2) is 0 Å². The predicted molar refractivity (Wildman–Crippen MR) is 69.0 cm³/mol. The summed E-state index contributed by atoms with van der Waals surface area (Å²) in [6.07, 6.45) is 0.730. The highest BCUT2D eigenvalue weighted by Crippen LogP contribution is 2.22. The fraction of sp³-hybridized carbons (Fsp3) is 0.500. The van der Waals surface area contributed by atoms with E-state index in [1.165, 1.54) is 12.1 Å². The van der Waals surface area contributed by atoms with Gasteiger partial charge in [0, 0.05) is 36.5 Å². The number of benzene rings is 1. The highest BCUT2D eigenvalue weighted by Gasteiger charge is 2.22. The Bertz CT molecular complexity index is 355. The van der Waals surface area contributed by atoms with Crippen LogP contribution in [0.1, 0.15) is 13.3 Å². The summed E-state index contributed by atoms with van der Waals surface area (Å²) in [5, 5.41) is 3.55. The maximum atomic E-state index is 13.2. The molecule has 1 aromatic carbocycles. The highest BCUT2D eigenvalue weighted by atomic mass is 35.5. The highest BCUT2D eigenvalue weighted by molar-refractivity contribution is 6.30. The molecule has 0 fully saturated rings. The lowest BCUT2D eigenvalue weighted by molar-refractivity contribution is 0.177. The Morgan fingerprint density at radius 2 is 2.18 bits per heavy atom. The summed E-state index contributed by atoms with van der Waals surface area (Å²) in [4.78, 5) is 0. The van der Waals surface area contributed by atoms with Crippen LogP contribution in [0.3, 0.4) is 0 Å². The van der Waals surface area contributed by atoms with Gasteiger partial charge in [-0.2, -0.15) is 0 Å². The lowest BCUT2D eigenvalue weighted by atomic mass is 9.98. The van der Waals surface area contributed by atoms with Crippen LogP contribution < -0.4 is 11.1 Å². The van der Waals surface area contributed by atoms with Crippen molar-refractivity contribution in [3.05, 3.63) is 29.0 Å². The first-order chi connectivity index (χ1) is 7.99. The Labute approximate surface area is 106 Å². The van der Waals surface area contributed by atoms with Gasteiger partial charge in [0.25, 0.3) is 0 Å². The van der Waals surface area contributed by atoms with Crippen molar-refractivity contribution in [3.63, 3.8) is 0 Å². The quantitative estimate of drug-likeness (QED) is 0.827. The zero-order chi connectivity index (χ0) is 12.9. The molecule has 1 aromatic rings. The number of nitrogens with one attached hydrogen (secondary N) is 1. The van der Waals surface area contributed by atoms with Gasteiger partial charge in [0.2, 0.25) is 0 Å². The van der Waals surface area contributed by atoms with E-state index in [0.717, 1.165) is 6.42 Å². The van der Waals surface area contributed by atoms with E-state index in [1.54, 1.807) is 13.2 Å². The minimum absolute atomic E-state index is 0.340. The van der Waals surface area contributed by atoms with Crippen molar-refractivity contribution in [3.8, 4) is 0 Å². The average Bonchev–Trinajstić information content (AvgIpc) is 2.25. The minimum atomic E-state index is -0.369. The van der Waals surface area contributed by atoms with Crippen molar-refractivity contribution in [2.45, 2.75) is 18.9 Å². The van der Waals surface area contributed by atoms with Crippen molar-refractivity contribution in [1.29, 1.82) is 0 Å². The van der Waals surface area contributed by atoms with Gasteiger partial charge in [-0.3, -0.25) is 0 Å². The van der Waals surface area contributed by atoms with Crippen LogP contribution >= 0.6 is 11.6 Å². The molecule has 3 nitrogen and oxygen atoms in total. The van der Waals surface area contributed by atoms with E-state index < -0.39 is 0 Å². The largest absolute Gasteiger partial charge is 0.385 e. The summed E-state index contributed by atoms with van der Waals surface area (Å²) in [6.45, 7) is 2.97. The van der Waals surface area contributed by atoms with Gasteiger partial charge in [0.05, 0.1) is 0 Å². The molecule has 0 aromatic heterocycles. The minimum Gasteiger partial charge on any atom is -0.385 e. The average molecular weight is 261 g/mol. The van der Waals surface area contributed by atoms with E-state index in [9.17, 15) is 4.39 Å². The molecular weight excluding hydrogens is 243 g/mol. The second kappa shape index (κ2) is 6.19. The van der Waals surface area contributed by atoms with Gasteiger partial charge in [-0.05, 0) is 31.5 Å². The van der Waals surface area contributed by atoms with E-state index >= 15 is 0 Å². The van der Waals surface area contributed by atoms with Crippen molar-refractivity contribution >= 4 is 17.3 Å². The number of methoxy groups -OCH3 is 1. The Morgan fingerprint density at radius 1 is 1.47 bits per heavy atom. The maximum absolute atomic E-state index is 13.2. The first-order valence-electron chi connectivity index (χ1n) is 5.42. The molecule has 0 aliphatic carbocycles. The van der Waals surface area contributed by atoms with Crippen molar-refractivity contribution in [1.82, 2.24) is 0 Å². The monoisotopic (exact) mass is 260 g/mol. The van der Waals surface area contributed by atoms with Crippen molar-refractivity contribution < 1.29 is 9.13 Å². The molecule has 96 valence electrons. The summed E-state index contributed by atoms with van der Waals surface area (Å²) in [5.41, 5.74) is 6.01. The lowest BCUT2D eigenvalue weighted by Gasteiger charge is -2.30. The topological polar surface area (TPSA) is 47.3 Å². The van der Waals surface area contributed by atoms with E-state index in [4.69, 9.17) is 22.1 Å². The lowest BCUT2D eigenvalue weighted by Crippen LogP contribution is -2.43. The number of hydrogen-bond acceptors (Lipinski definition) is 3. The van der Waals surface area contributed by atoms with Gasteiger partial charge < -0.3 is 15.8 Å². The molecule has 0 radical (unpaired) electrons. The van der Waals surface area contributed by atoms with Crippen LogP contribution in [0.2, 0.25) is 5.02 Å². The zero-order valence-electron chi connectivity index (χ0n) is 10.1. The molecule has 0 aliphatic heterocycles. The molecule has 0 spiro atoms. The van der Waals surface area contributed by atoms with Gasteiger partial charge in [-0.25, -0.2) is 4.39 Å². The second-order valence-electron chi connectivity index (χ2n) is 4.29. The molecular formula is C12H18ClFN2O. The van der Waals surface area contributed by atoms with E-state index in [1.807, 2.05) is 6.92 Å². The first kappa shape index (κ1) is 14.2. The number of ether oxygens (including phenoxy) is 1. The predicted octanol–water partition coefficient (Wildman–Crippen LogP) is 2.64. The fourth-order valence-corrected chi connectivity index (χ4v) is 1.74. The second-order valence-corrected chi connectivity index (χ2v) is 4.73. The molecule has 0 amide bonds. The van der Waals surface area contributed by atoms with E-state index in [-0.39, 0.29) is 11.4 Å². The summed E-state index contributed by atoms with van der Waals surface area (Å²) in [6, 6.07) is 4.33. The van der Waals surface area contributed by atoms with Crippen LogP contribution in [-0.2, 0) is 4.74 Å². The van der Waals surface area contributed by atoms with Crippen LogP contribution in [0.25, 0.3) is 0 Å². The van der Waals surface area contributed by atoms with Gasteiger partial charge in [-0.15, -0.1) is 0 Å². The van der Waals surface area contributed by atoms with E-state index in [0.29, 0.717) is 23.9 Å². The maximum Gasteiger partial charge on any atom is 0.126 e. The first-order valence-corrected chi connectivity index (χ1v) is 5.80.